The summed E-state index contributed by atoms with van der Waals surface area (Å²) in [5, 5.41) is 0. The van der Waals surface area contributed by atoms with Gasteiger partial charge >= 0.3 is 0 Å². The van der Waals surface area contributed by atoms with Crippen LogP contribution in [0.1, 0.15) is 41.6 Å². The quantitative estimate of drug-likeness (QED) is 0.944. The van der Waals surface area contributed by atoms with Gasteiger partial charge in [-0.05, 0) is 30.5 Å². The highest BCUT2D eigenvalue weighted by atomic mass is 19.1. The van der Waals surface area contributed by atoms with Gasteiger partial charge in [-0.2, -0.15) is 0 Å². The van der Waals surface area contributed by atoms with Crippen LogP contribution in [0.5, 0.6) is 0 Å². The molecule has 0 amide bonds. The van der Waals surface area contributed by atoms with E-state index in [9.17, 15) is 9.18 Å². The Morgan fingerprint density at radius 1 is 1.39 bits per heavy atom. The average Bonchev–Trinajstić information content (AvgIpc) is 2.53. The monoisotopic (exact) mass is 315 g/mol. The van der Waals surface area contributed by atoms with Gasteiger partial charge < -0.3 is 4.98 Å². The number of hydrogen-bond donors (Lipinski definition) is 1. The van der Waals surface area contributed by atoms with Gasteiger partial charge in [-0.15, -0.1) is 0 Å². The SMILES string of the molecule is CCCc1nc2c(c(=O)[nH]1)CN(Cc1cccc(F)c1C)CC2. The number of nitrogens with one attached hydrogen (secondary N) is 1. The number of aromatic amines is 1. The van der Waals surface area contributed by atoms with Crippen LogP contribution < -0.4 is 5.56 Å². The van der Waals surface area contributed by atoms with Crippen molar-refractivity contribution in [2.45, 2.75) is 46.2 Å². The van der Waals surface area contributed by atoms with E-state index in [1.807, 2.05) is 6.07 Å². The zero-order chi connectivity index (χ0) is 16.4. The summed E-state index contributed by atoms with van der Waals surface area (Å²) in [6.07, 6.45) is 2.53. The van der Waals surface area contributed by atoms with E-state index in [4.69, 9.17) is 0 Å². The molecule has 0 fully saturated rings. The molecule has 4 nitrogen and oxygen atoms in total. The molecule has 0 spiro atoms. The lowest BCUT2D eigenvalue weighted by Gasteiger charge is -2.28. The van der Waals surface area contributed by atoms with Crippen LogP contribution in [-0.4, -0.2) is 21.4 Å². The Hall–Kier alpha value is -2.01. The Bertz CT molecular complexity index is 769. The predicted molar refractivity (Wildman–Crippen MR) is 87.8 cm³/mol. The van der Waals surface area contributed by atoms with Crippen LogP contribution in [0.2, 0.25) is 0 Å². The highest BCUT2D eigenvalue weighted by Crippen LogP contribution is 2.19. The van der Waals surface area contributed by atoms with E-state index in [1.165, 1.54) is 6.07 Å². The summed E-state index contributed by atoms with van der Waals surface area (Å²) in [7, 11) is 0. The van der Waals surface area contributed by atoms with Crippen molar-refractivity contribution in [3.8, 4) is 0 Å². The largest absolute Gasteiger partial charge is 0.310 e. The minimum absolute atomic E-state index is 0.0286. The molecule has 5 heteroatoms. The first-order chi connectivity index (χ1) is 11.1. The number of nitrogens with zero attached hydrogens (tertiary/aromatic N) is 2. The van der Waals surface area contributed by atoms with Crippen LogP contribution in [0.25, 0.3) is 0 Å². The van der Waals surface area contributed by atoms with E-state index in [-0.39, 0.29) is 11.4 Å². The third-order valence-corrected chi connectivity index (χ3v) is 4.46. The van der Waals surface area contributed by atoms with Gasteiger partial charge in [-0.25, -0.2) is 9.37 Å². The second-order valence-electron chi connectivity index (χ2n) is 6.17. The van der Waals surface area contributed by atoms with Crippen molar-refractivity contribution >= 4 is 0 Å². The van der Waals surface area contributed by atoms with E-state index in [2.05, 4.69) is 21.8 Å². The Morgan fingerprint density at radius 3 is 3.00 bits per heavy atom. The van der Waals surface area contributed by atoms with Gasteiger partial charge in [0.1, 0.15) is 11.6 Å². The number of hydrogen-bond acceptors (Lipinski definition) is 3. The maximum absolute atomic E-state index is 13.7. The summed E-state index contributed by atoms with van der Waals surface area (Å²) < 4.78 is 13.7. The molecule has 3 rings (SSSR count). The number of aryl methyl sites for hydroxylation is 1. The predicted octanol–water partition coefficient (Wildman–Crippen LogP) is 2.73. The lowest BCUT2D eigenvalue weighted by Crippen LogP contribution is -2.36. The lowest BCUT2D eigenvalue weighted by molar-refractivity contribution is 0.240. The Morgan fingerprint density at radius 2 is 2.22 bits per heavy atom. The summed E-state index contributed by atoms with van der Waals surface area (Å²) in [5.41, 5.74) is 3.30. The molecule has 2 aromatic rings. The fourth-order valence-electron chi connectivity index (χ4n) is 3.09. The van der Waals surface area contributed by atoms with Crippen molar-refractivity contribution < 1.29 is 4.39 Å². The molecule has 1 N–H and O–H groups in total. The molecule has 2 heterocycles. The van der Waals surface area contributed by atoms with Crippen LogP contribution >= 0.6 is 0 Å². The summed E-state index contributed by atoms with van der Waals surface area (Å²) >= 11 is 0. The van der Waals surface area contributed by atoms with E-state index in [0.717, 1.165) is 48.5 Å². The van der Waals surface area contributed by atoms with Crippen LogP contribution in [0.15, 0.2) is 23.0 Å². The first-order valence-corrected chi connectivity index (χ1v) is 8.15. The molecule has 0 aliphatic carbocycles. The third-order valence-electron chi connectivity index (χ3n) is 4.46. The van der Waals surface area contributed by atoms with Crippen LogP contribution in [0, 0.1) is 12.7 Å². The van der Waals surface area contributed by atoms with Gasteiger partial charge in [-0.1, -0.05) is 19.1 Å². The maximum Gasteiger partial charge on any atom is 0.255 e. The number of fused-ring (bicyclic) bond motifs is 1. The van der Waals surface area contributed by atoms with Crippen molar-refractivity contribution in [2.75, 3.05) is 6.54 Å². The van der Waals surface area contributed by atoms with Crippen molar-refractivity contribution in [1.29, 1.82) is 0 Å². The number of aromatic nitrogens is 2. The molecule has 0 radical (unpaired) electrons. The van der Waals surface area contributed by atoms with Crippen molar-refractivity contribution in [3.05, 3.63) is 62.6 Å². The number of halogens is 1. The normalized spacial score (nSPS) is 14.7. The number of rotatable bonds is 4. The smallest absolute Gasteiger partial charge is 0.255 e. The lowest BCUT2D eigenvalue weighted by atomic mass is 10.0. The molecule has 0 saturated heterocycles. The average molecular weight is 315 g/mol. The third kappa shape index (κ3) is 3.34. The molecule has 0 unspecified atom stereocenters. The molecule has 1 aromatic carbocycles. The molecule has 1 aromatic heterocycles. The molecule has 0 atom stereocenters. The highest BCUT2D eigenvalue weighted by Gasteiger charge is 2.21. The van der Waals surface area contributed by atoms with Crippen molar-refractivity contribution in [2.24, 2.45) is 0 Å². The van der Waals surface area contributed by atoms with Gasteiger partial charge in [0.2, 0.25) is 0 Å². The second kappa shape index (κ2) is 6.62. The van der Waals surface area contributed by atoms with Crippen LogP contribution in [-0.2, 0) is 25.9 Å². The van der Waals surface area contributed by atoms with Crippen LogP contribution in [0.3, 0.4) is 0 Å². The van der Waals surface area contributed by atoms with Gasteiger partial charge in [0, 0.05) is 32.5 Å². The minimum Gasteiger partial charge on any atom is -0.310 e. The molecular formula is C18H22FN3O. The van der Waals surface area contributed by atoms with Crippen molar-refractivity contribution in [1.82, 2.24) is 14.9 Å². The van der Waals surface area contributed by atoms with Crippen molar-refractivity contribution in [3.63, 3.8) is 0 Å². The first-order valence-electron chi connectivity index (χ1n) is 8.15. The Kier molecular flexibility index (Phi) is 4.57. The van der Waals surface area contributed by atoms with Gasteiger partial charge in [-0.3, -0.25) is 9.69 Å². The second-order valence-corrected chi connectivity index (χ2v) is 6.17. The summed E-state index contributed by atoms with van der Waals surface area (Å²) in [6, 6.07) is 5.16. The first kappa shape index (κ1) is 15.9. The fraction of sp³-hybridized carbons (Fsp3) is 0.444. The molecule has 0 saturated carbocycles. The van der Waals surface area contributed by atoms with Gasteiger partial charge in [0.25, 0.3) is 5.56 Å². The molecular weight excluding hydrogens is 293 g/mol. The van der Waals surface area contributed by atoms with Gasteiger partial charge in [0.15, 0.2) is 0 Å². The van der Waals surface area contributed by atoms with E-state index >= 15 is 0 Å². The number of benzene rings is 1. The highest BCUT2D eigenvalue weighted by molar-refractivity contribution is 5.28. The standard InChI is InChI=1S/C18H22FN3O/c1-3-5-17-20-16-8-9-22(11-14(16)18(23)21-17)10-13-6-4-7-15(19)12(13)2/h4,6-7H,3,5,8-11H2,1-2H3,(H,20,21,23). The van der Waals surface area contributed by atoms with Gasteiger partial charge in [0.05, 0.1) is 11.3 Å². The minimum atomic E-state index is -0.177. The molecule has 1 aliphatic heterocycles. The van der Waals surface area contributed by atoms with Crippen LogP contribution in [0.4, 0.5) is 4.39 Å². The Labute approximate surface area is 135 Å². The molecule has 1 aliphatic rings. The molecule has 0 bridgehead atoms. The number of H-pyrrole nitrogens is 1. The zero-order valence-corrected chi connectivity index (χ0v) is 13.7. The summed E-state index contributed by atoms with van der Waals surface area (Å²) in [6.45, 7) is 5.93. The fourth-order valence-corrected chi connectivity index (χ4v) is 3.09. The topological polar surface area (TPSA) is 49.0 Å². The zero-order valence-electron chi connectivity index (χ0n) is 13.7. The van der Waals surface area contributed by atoms with E-state index in [0.29, 0.717) is 18.7 Å². The Balaban J connectivity index is 1.80. The van der Waals surface area contributed by atoms with E-state index in [1.54, 1.807) is 13.0 Å². The molecule has 23 heavy (non-hydrogen) atoms. The summed E-state index contributed by atoms with van der Waals surface area (Å²) in [5.74, 6) is 0.606. The molecule has 122 valence electrons. The van der Waals surface area contributed by atoms with E-state index < -0.39 is 0 Å². The summed E-state index contributed by atoms with van der Waals surface area (Å²) in [4.78, 5) is 22.0. The maximum atomic E-state index is 13.7.